The quantitative estimate of drug-likeness (QED) is 0.323. The molecule has 0 fully saturated rings. The van der Waals surface area contributed by atoms with E-state index in [4.69, 9.17) is 15.0 Å². The molecule has 3 heterocycles. The van der Waals surface area contributed by atoms with Gasteiger partial charge < -0.3 is 15.0 Å². The fourth-order valence-corrected chi connectivity index (χ4v) is 4.14. The van der Waals surface area contributed by atoms with Crippen molar-refractivity contribution in [3.63, 3.8) is 0 Å². The predicted molar refractivity (Wildman–Crippen MR) is 119 cm³/mol. The summed E-state index contributed by atoms with van der Waals surface area (Å²) < 4.78 is 12.8. The fourth-order valence-electron chi connectivity index (χ4n) is 2.73. The first-order chi connectivity index (χ1) is 14.4. The summed E-state index contributed by atoms with van der Waals surface area (Å²) in [4.78, 5) is 5.51. The molecule has 7 nitrogen and oxygen atoms in total. The van der Waals surface area contributed by atoms with Gasteiger partial charge in [-0.1, -0.05) is 50.7 Å². The summed E-state index contributed by atoms with van der Waals surface area (Å²) in [5.41, 5.74) is 2.19. The summed E-state index contributed by atoms with van der Waals surface area (Å²) in [6.45, 7) is 6.79. The van der Waals surface area contributed by atoms with Crippen LogP contribution in [0.5, 0.6) is 5.75 Å². The van der Waals surface area contributed by atoms with Crippen LogP contribution in [0.2, 0.25) is 0 Å². The summed E-state index contributed by atoms with van der Waals surface area (Å²) in [6.07, 6.45) is 1.66. The molecule has 3 aromatic heterocycles. The number of thioether (sulfide) groups is 1. The maximum Gasteiger partial charge on any atom is 0.236 e. The number of nitrogens with two attached hydrogens (primary N) is 1. The van der Waals surface area contributed by atoms with Crippen molar-refractivity contribution in [1.82, 2.24) is 19.9 Å². The number of nitrogen functional groups attached to an aromatic ring is 1. The first kappa shape index (κ1) is 20.5. The molecule has 9 heteroatoms. The molecule has 0 saturated carbocycles. The van der Waals surface area contributed by atoms with Gasteiger partial charge in [0, 0.05) is 5.75 Å². The second-order valence-corrected chi connectivity index (χ2v) is 9.63. The third-order valence-corrected chi connectivity index (χ3v) is 6.29. The standard InChI is InChI=1S/C21H23N5O2S2/c1-21(2,3)14-6-8-16(9-7-14)27-12-18-24-25-20(26(18)22)30-13-15-11-28-19(23-15)17-5-4-10-29-17/h4-11H,12-13,22H2,1-3H3. The summed E-state index contributed by atoms with van der Waals surface area (Å²) in [5, 5.41) is 10.9. The number of nitrogens with zero attached hydrogens (tertiary/aromatic N) is 4. The minimum Gasteiger partial charge on any atom is -0.486 e. The van der Waals surface area contributed by atoms with Gasteiger partial charge in [-0.05, 0) is 34.6 Å². The molecule has 0 bridgehead atoms. The van der Waals surface area contributed by atoms with Crippen LogP contribution in [0, 0.1) is 0 Å². The molecule has 30 heavy (non-hydrogen) atoms. The van der Waals surface area contributed by atoms with Crippen LogP contribution in [0.25, 0.3) is 10.8 Å². The van der Waals surface area contributed by atoms with Crippen LogP contribution in [0.1, 0.15) is 37.9 Å². The molecule has 0 aliphatic rings. The lowest BCUT2D eigenvalue weighted by atomic mass is 9.87. The first-order valence-electron chi connectivity index (χ1n) is 9.44. The van der Waals surface area contributed by atoms with Gasteiger partial charge in [0.2, 0.25) is 11.0 Å². The lowest BCUT2D eigenvalue weighted by molar-refractivity contribution is 0.291. The van der Waals surface area contributed by atoms with Crippen LogP contribution in [0.15, 0.2) is 57.6 Å². The Balaban J connectivity index is 1.33. The second-order valence-electron chi connectivity index (χ2n) is 7.74. The Labute approximate surface area is 183 Å². The molecule has 2 N–H and O–H groups in total. The van der Waals surface area contributed by atoms with Crippen molar-refractivity contribution in [2.24, 2.45) is 0 Å². The van der Waals surface area contributed by atoms with Crippen molar-refractivity contribution in [3.8, 4) is 16.5 Å². The highest BCUT2D eigenvalue weighted by Gasteiger charge is 2.15. The highest BCUT2D eigenvalue weighted by atomic mass is 32.2. The number of ether oxygens (including phenoxy) is 1. The highest BCUT2D eigenvalue weighted by molar-refractivity contribution is 7.98. The van der Waals surface area contributed by atoms with Crippen molar-refractivity contribution in [2.75, 3.05) is 5.84 Å². The second kappa shape index (κ2) is 8.53. The van der Waals surface area contributed by atoms with Crippen molar-refractivity contribution in [3.05, 3.63) is 65.1 Å². The Morgan fingerprint density at radius 1 is 1.17 bits per heavy atom. The van der Waals surface area contributed by atoms with Crippen molar-refractivity contribution < 1.29 is 9.15 Å². The molecule has 0 atom stereocenters. The number of rotatable bonds is 7. The first-order valence-corrected chi connectivity index (χ1v) is 11.3. The number of thiophene rings is 1. The lowest BCUT2D eigenvalue weighted by Crippen LogP contribution is -2.16. The van der Waals surface area contributed by atoms with Crippen LogP contribution in [0.3, 0.4) is 0 Å². The Hall–Kier alpha value is -2.78. The third kappa shape index (κ3) is 4.68. The van der Waals surface area contributed by atoms with Gasteiger partial charge in [0.15, 0.2) is 5.82 Å². The van der Waals surface area contributed by atoms with E-state index >= 15 is 0 Å². The van der Waals surface area contributed by atoms with Gasteiger partial charge in [-0.15, -0.1) is 21.5 Å². The molecule has 156 valence electrons. The molecule has 0 aliphatic heterocycles. The molecule has 0 radical (unpaired) electrons. The Bertz CT molecular complexity index is 1100. The number of oxazole rings is 1. The van der Waals surface area contributed by atoms with E-state index in [1.54, 1.807) is 17.6 Å². The SMILES string of the molecule is CC(C)(C)c1ccc(OCc2nnc(SCc3coc(-c4cccs4)n3)n2N)cc1. The fraction of sp³-hybridized carbons (Fsp3) is 0.286. The Morgan fingerprint density at radius 2 is 1.97 bits per heavy atom. The molecule has 0 spiro atoms. The highest BCUT2D eigenvalue weighted by Crippen LogP contribution is 2.27. The van der Waals surface area contributed by atoms with Crippen LogP contribution in [0.4, 0.5) is 0 Å². The number of benzene rings is 1. The summed E-state index contributed by atoms with van der Waals surface area (Å²) in [5.74, 6) is 8.67. The van der Waals surface area contributed by atoms with Gasteiger partial charge in [-0.2, -0.15) is 0 Å². The van der Waals surface area contributed by atoms with Crippen molar-refractivity contribution >= 4 is 23.1 Å². The lowest BCUT2D eigenvalue weighted by Gasteiger charge is -2.19. The van der Waals surface area contributed by atoms with E-state index in [9.17, 15) is 0 Å². The van der Waals surface area contributed by atoms with E-state index in [1.807, 2.05) is 29.6 Å². The normalized spacial score (nSPS) is 11.7. The van der Waals surface area contributed by atoms with Gasteiger partial charge in [-0.3, -0.25) is 0 Å². The van der Waals surface area contributed by atoms with E-state index in [-0.39, 0.29) is 12.0 Å². The molecule has 0 amide bonds. The van der Waals surface area contributed by atoms with E-state index in [1.165, 1.54) is 22.0 Å². The monoisotopic (exact) mass is 441 g/mol. The molecule has 0 unspecified atom stereocenters. The predicted octanol–water partition coefficient (Wildman–Crippen LogP) is 4.88. The zero-order chi connectivity index (χ0) is 21.1. The van der Waals surface area contributed by atoms with Crippen LogP contribution in [-0.2, 0) is 17.8 Å². The average molecular weight is 442 g/mol. The van der Waals surface area contributed by atoms with Gasteiger partial charge in [0.25, 0.3) is 0 Å². The van der Waals surface area contributed by atoms with E-state index in [2.05, 4.69) is 48.1 Å². The van der Waals surface area contributed by atoms with E-state index in [0.717, 1.165) is 16.3 Å². The largest absolute Gasteiger partial charge is 0.486 e. The smallest absolute Gasteiger partial charge is 0.236 e. The molecule has 1 aromatic carbocycles. The third-order valence-electron chi connectivity index (χ3n) is 4.46. The van der Waals surface area contributed by atoms with Crippen LogP contribution >= 0.6 is 23.1 Å². The Morgan fingerprint density at radius 3 is 2.67 bits per heavy atom. The topological polar surface area (TPSA) is 92.0 Å². The molecule has 4 rings (SSSR count). The molecular weight excluding hydrogens is 418 g/mol. The number of hydrogen-bond donors (Lipinski definition) is 1. The summed E-state index contributed by atoms with van der Waals surface area (Å²) in [7, 11) is 0. The van der Waals surface area contributed by atoms with Gasteiger partial charge >= 0.3 is 0 Å². The molecule has 4 aromatic rings. The summed E-state index contributed by atoms with van der Waals surface area (Å²) in [6, 6.07) is 12.0. The van der Waals surface area contributed by atoms with Crippen LogP contribution in [-0.4, -0.2) is 19.9 Å². The number of aromatic nitrogens is 4. The van der Waals surface area contributed by atoms with Crippen molar-refractivity contribution in [2.45, 2.75) is 43.7 Å². The zero-order valence-corrected chi connectivity index (χ0v) is 18.7. The molecular formula is C21H23N5O2S2. The van der Waals surface area contributed by atoms with Gasteiger partial charge in [0.05, 0.1) is 10.6 Å². The Kier molecular flexibility index (Phi) is 5.83. The van der Waals surface area contributed by atoms with Gasteiger partial charge in [0.1, 0.15) is 18.6 Å². The molecule has 0 saturated heterocycles. The number of hydrogen-bond acceptors (Lipinski definition) is 8. The molecule has 0 aliphatic carbocycles. The van der Waals surface area contributed by atoms with Crippen molar-refractivity contribution in [1.29, 1.82) is 0 Å². The van der Waals surface area contributed by atoms with Gasteiger partial charge in [-0.25, -0.2) is 9.66 Å². The maximum absolute atomic E-state index is 6.14. The minimum absolute atomic E-state index is 0.108. The van der Waals surface area contributed by atoms with E-state index in [0.29, 0.717) is 22.6 Å². The summed E-state index contributed by atoms with van der Waals surface area (Å²) >= 11 is 3.04. The average Bonchev–Trinajstić information content (AvgIpc) is 3.46. The maximum atomic E-state index is 6.14. The van der Waals surface area contributed by atoms with Crippen LogP contribution < -0.4 is 10.6 Å². The van der Waals surface area contributed by atoms with E-state index < -0.39 is 0 Å². The minimum atomic E-state index is 0.108. The zero-order valence-electron chi connectivity index (χ0n) is 17.0.